The summed E-state index contributed by atoms with van der Waals surface area (Å²) in [6.45, 7) is 4.99. The Balaban J connectivity index is 1.35. The maximum atomic E-state index is 12.0. The van der Waals surface area contributed by atoms with Crippen molar-refractivity contribution in [2.45, 2.75) is 6.42 Å². The lowest BCUT2D eigenvalue weighted by atomic mass is 10.2. The Morgan fingerprint density at radius 2 is 1.85 bits per heavy atom. The van der Waals surface area contributed by atoms with Gasteiger partial charge < -0.3 is 14.5 Å². The Kier molecular flexibility index (Phi) is 6.82. The molecule has 0 spiro atoms. The van der Waals surface area contributed by atoms with Crippen LogP contribution in [0.1, 0.15) is 12.0 Å². The fourth-order valence-electron chi connectivity index (χ4n) is 3.18. The molecule has 3 rings (SSSR count). The Morgan fingerprint density at radius 3 is 2.52 bits per heavy atom. The molecule has 6 heteroatoms. The lowest BCUT2D eigenvalue weighted by molar-refractivity contribution is -0.900. The van der Waals surface area contributed by atoms with Gasteiger partial charge in [-0.15, -0.1) is 0 Å². The number of carbonyl (C=O) groups is 1. The van der Waals surface area contributed by atoms with Gasteiger partial charge in [0, 0.05) is 5.69 Å². The normalized spacial score (nSPS) is 15.1. The lowest BCUT2D eigenvalue weighted by Gasteiger charge is -2.33. The van der Waals surface area contributed by atoms with E-state index in [0.717, 1.165) is 44.0 Å². The second kappa shape index (κ2) is 9.73. The average molecular weight is 367 g/mol. The van der Waals surface area contributed by atoms with E-state index in [-0.39, 0.29) is 5.91 Å². The monoisotopic (exact) mass is 367 g/mol. The minimum absolute atomic E-state index is 0.0437. The van der Waals surface area contributed by atoms with Crippen LogP contribution in [0, 0.1) is 0 Å². The maximum Gasteiger partial charge on any atom is 0.245 e. The maximum absolute atomic E-state index is 12.0. The molecule has 0 atom stereocenters. The largest absolute Gasteiger partial charge is 0.497 e. The molecular weight excluding hydrogens is 340 g/mol. The molecule has 2 aromatic rings. The molecule has 1 aliphatic heterocycles. The molecule has 0 radical (unpaired) electrons. The van der Waals surface area contributed by atoms with E-state index in [9.17, 15) is 4.79 Å². The fraction of sp³-hybridized carbons (Fsp3) is 0.333. The Hall–Kier alpha value is -2.86. The van der Waals surface area contributed by atoms with Crippen LogP contribution in [0.5, 0.6) is 5.75 Å². The van der Waals surface area contributed by atoms with Crippen molar-refractivity contribution in [3.8, 4) is 5.75 Å². The number of nitrogens with zero attached hydrogens (tertiary/aromatic N) is 2. The number of benzene rings is 2. The van der Waals surface area contributed by atoms with Gasteiger partial charge >= 0.3 is 0 Å². The molecule has 2 N–H and O–H groups in total. The van der Waals surface area contributed by atoms with Crippen LogP contribution >= 0.6 is 0 Å². The second-order valence-corrected chi connectivity index (χ2v) is 6.64. The van der Waals surface area contributed by atoms with E-state index < -0.39 is 0 Å². The van der Waals surface area contributed by atoms with Crippen molar-refractivity contribution < 1.29 is 14.4 Å². The number of hydrazone groups is 1. The minimum Gasteiger partial charge on any atom is -0.497 e. The van der Waals surface area contributed by atoms with Crippen molar-refractivity contribution in [2.24, 2.45) is 5.10 Å². The number of amides is 1. The summed E-state index contributed by atoms with van der Waals surface area (Å²) in [5, 5.41) is 4.03. The van der Waals surface area contributed by atoms with Crippen LogP contribution in [0.15, 0.2) is 59.7 Å². The fourth-order valence-corrected chi connectivity index (χ4v) is 3.18. The molecule has 1 heterocycles. The number of quaternary nitrogens is 1. The molecule has 1 aliphatic rings. The van der Waals surface area contributed by atoms with Crippen LogP contribution in [0.4, 0.5) is 5.69 Å². The summed E-state index contributed by atoms with van der Waals surface area (Å²) in [5.74, 6) is 0.754. The highest BCUT2D eigenvalue weighted by molar-refractivity contribution is 5.82. The summed E-state index contributed by atoms with van der Waals surface area (Å²) in [6, 6.07) is 18.0. The number of nitrogens with one attached hydrogen (secondary N) is 2. The summed E-state index contributed by atoms with van der Waals surface area (Å²) in [5.41, 5.74) is 4.80. The van der Waals surface area contributed by atoms with Gasteiger partial charge in [-0.1, -0.05) is 18.2 Å². The third kappa shape index (κ3) is 5.82. The van der Waals surface area contributed by atoms with Gasteiger partial charge in [0.05, 0.1) is 52.5 Å². The average Bonchev–Trinajstić information content (AvgIpc) is 2.74. The molecule has 1 saturated heterocycles. The van der Waals surface area contributed by atoms with Crippen molar-refractivity contribution in [2.75, 3.05) is 44.7 Å². The minimum atomic E-state index is -0.0437. The van der Waals surface area contributed by atoms with E-state index in [1.165, 1.54) is 10.6 Å². The zero-order chi connectivity index (χ0) is 18.9. The van der Waals surface area contributed by atoms with Crippen LogP contribution in [-0.2, 0) is 4.79 Å². The van der Waals surface area contributed by atoms with Crippen molar-refractivity contribution in [1.29, 1.82) is 0 Å². The first-order valence-electron chi connectivity index (χ1n) is 9.34. The number of ether oxygens (including phenoxy) is 1. The van der Waals surface area contributed by atoms with E-state index >= 15 is 0 Å². The summed E-state index contributed by atoms with van der Waals surface area (Å²) in [6.07, 6.45) is 2.13. The third-order valence-electron chi connectivity index (χ3n) is 4.82. The molecule has 2 aromatic carbocycles. The van der Waals surface area contributed by atoms with E-state index in [4.69, 9.17) is 4.74 Å². The predicted molar refractivity (Wildman–Crippen MR) is 108 cm³/mol. The van der Waals surface area contributed by atoms with Gasteiger partial charge in [-0.3, -0.25) is 4.79 Å². The molecule has 0 bridgehead atoms. The number of anilines is 1. The molecule has 0 aromatic heterocycles. The molecule has 0 aliphatic carbocycles. The molecule has 1 fully saturated rings. The van der Waals surface area contributed by atoms with Crippen LogP contribution < -0.4 is 20.0 Å². The van der Waals surface area contributed by atoms with Crippen molar-refractivity contribution in [1.82, 2.24) is 5.43 Å². The highest BCUT2D eigenvalue weighted by Gasteiger charge is 2.20. The number of hydrogen-bond donors (Lipinski definition) is 2. The number of methoxy groups -OCH3 is 1. The highest BCUT2D eigenvalue weighted by Crippen LogP contribution is 2.12. The zero-order valence-corrected chi connectivity index (χ0v) is 15.7. The molecule has 6 nitrogen and oxygen atoms in total. The lowest BCUT2D eigenvalue weighted by Crippen LogP contribution is -3.15. The summed E-state index contributed by atoms with van der Waals surface area (Å²) >= 11 is 0. The number of rotatable bonds is 7. The van der Waals surface area contributed by atoms with Crippen molar-refractivity contribution in [3.05, 3.63) is 60.2 Å². The van der Waals surface area contributed by atoms with Crippen LogP contribution in [0.2, 0.25) is 0 Å². The first-order valence-corrected chi connectivity index (χ1v) is 9.34. The number of hydrogen-bond acceptors (Lipinski definition) is 4. The van der Waals surface area contributed by atoms with Gasteiger partial charge in [0.15, 0.2) is 0 Å². The molecule has 142 valence electrons. The van der Waals surface area contributed by atoms with Crippen molar-refractivity contribution in [3.63, 3.8) is 0 Å². The van der Waals surface area contributed by atoms with E-state index in [0.29, 0.717) is 6.42 Å². The summed E-state index contributed by atoms with van der Waals surface area (Å²) < 4.78 is 5.11. The first kappa shape index (κ1) is 18.9. The Bertz CT molecular complexity index is 739. The van der Waals surface area contributed by atoms with E-state index in [1.54, 1.807) is 13.3 Å². The zero-order valence-electron chi connectivity index (χ0n) is 15.7. The summed E-state index contributed by atoms with van der Waals surface area (Å²) in [7, 11) is 1.63. The van der Waals surface area contributed by atoms with Gasteiger partial charge in [-0.05, 0) is 42.0 Å². The molecular formula is C21H27N4O2+. The summed E-state index contributed by atoms with van der Waals surface area (Å²) in [4.78, 5) is 15.9. The molecule has 27 heavy (non-hydrogen) atoms. The van der Waals surface area contributed by atoms with Gasteiger partial charge in [-0.25, -0.2) is 5.43 Å². The van der Waals surface area contributed by atoms with E-state index in [2.05, 4.69) is 39.7 Å². The highest BCUT2D eigenvalue weighted by atomic mass is 16.5. The molecule has 0 saturated carbocycles. The molecule has 1 amide bonds. The third-order valence-corrected chi connectivity index (χ3v) is 4.82. The van der Waals surface area contributed by atoms with Gasteiger partial charge in [0.1, 0.15) is 5.75 Å². The Labute approximate surface area is 160 Å². The van der Waals surface area contributed by atoms with Crippen molar-refractivity contribution >= 4 is 17.8 Å². The van der Waals surface area contributed by atoms with E-state index in [1.807, 2.05) is 30.3 Å². The van der Waals surface area contributed by atoms with Crippen LogP contribution in [0.3, 0.4) is 0 Å². The smallest absolute Gasteiger partial charge is 0.245 e. The number of para-hydroxylation sites is 1. The first-order chi connectivity index (χ1) is 13.2. The number of carbonyl (C=O) groups excluding carboxylic acids is 1. The predicted octanol–water partition coefficient (Wildman–Crippen LogP) is 0.941. The SMILES string of the molecule is COc1ccc(C=NNC(=O)CC[NH+]2CCN(c3ccccc3)CC2)cc1. The second-order valence-electron chi connectivity index (χ2n) is 6.64. The van der Waals surface area contributed by atoms with Crippen LogP contribution in [-0.4, -0.2) is 52.0 Å². The number of piperazine rings is 1. The van der Waals surface area contributed by atoms with Gasteiger partial charge in [0.2, 0.25) is 5.91 Å². The van der Waals surface area contributed by atoms with Gasteiger partial charge in [0.25, 0.3) is 0 Å². The standard InChI is InChI=1S/C21H26N4O2/c1-27-20-9-7-18(8-10-20)17-22-23-21(26)11-12-24-13-15-25(16-14-24)19-5-3-2-4-6-19/h2-10,17H,11-16H2,1H3,(H,23,26)/p+1. The quantitative estimate of drug-likeness (QED) is 0.566. The van der Waals surface area contributed by atoms with Crippen LogP contribution in [0.25, 0.3) is 0 Å². The Morgan fingerprint density at radius 1 is 1.15 bits per heavy atom. The topological polar surface area (TPSA) is 58.4 Å². The van der Waals surface area contributed by atoms with Gasteiger partial charge in [-0.2, -0.15) is 5.10 Å². The molecule has 0 unspecified atom stereocenters.